The van der Waals surface area contributed by atoms with Gasteiger partial charge in [-0.15, -0.1) is 0 Å². The Morgan fingerprint density at radius 3 is 2.14 bits per heavy atom. The minimum absolute atomic E-state index is 0.0336. The van der Waals surface area contributed by atoms with E-state index >= 15 is 0 Å². The number of carbonyl (C=O) groups is 1. The maximum Gasteiger partial charge on any atom is 0.317 e. The Balaban J connectivity index is 1.52. The molecule has 29 heavy (non-hydrogen) atoms. The van der Waals surface area contributed by atoms with E-state index in [0.29, 0.717) is 0 Å². The fourth-order valence-corrected chi connectivity index (χ4v) is 5.03. The molecule has 0 aromatic heterocycles. The summed E-state index contributed by atoms with van der Waals surface area (Å²) in [7, 11) is 0. The van der Waals surface area contributed by atoms with E-state index in [1.54, 1.807) is 0 Å². The Bertz CT molecular complexity index is 762. The SMILES string of the molecule is O=C(OC(CCN1CCCCC1)c1ccccc1)C1(c2ccccc2)CCCC1. The molecule has 4 rings (SSSR count). The molecule has 2 fully saturated rings. The zero-order chi connectivity index (χ0) is 19.9. The molecule has 1 saturated carbocycles. The molecule has 0 spiro atoms. The third kappa shape index (κ3) is 4.72. The van der Waals surface area contributed by atoms with Crippen LogP contribution in [-0.4, -0.2) is 30.5 Å². The first-order chi connectivity index (χ1) is 14.3. The molecule has 1 saturated heterocycles. The standard InChI is InChI=1S/C26H33NO2/c28-25(26(17-8-9-18-26)23-14-6-2-7-15-23)29-24(22-12-4-1-5-13-22)16-21-27-19-10-3-11-20-27/h1-2,4-7,12-15,24H,3,8-11,16-21H2. The summed E-state index contributed by atoms with van der Waals surface area (Å²) in [5.41, 5.74) is 1.75. The third-order valence-electron chi connectivity index (χ3n) is 6.75. The van der Waals surface area contributed by atoms with Gasteiger partial charge >= 0.3 is 5.97 Å². The molecular formula is C26H33NO2. The highest BCUT2D eigenvalue weighted by Gasteiger charge is 2.45. The van der Waals surface area contributed by atoms with E-state index in [0.717, 1.165) is 49.8 Å². The molecule has 1 aliphatic carbocycles. The third-order valence-corrected chi connectivity index (χ3v) is 6.75. The first kappa shape index (κ1) is 20.2. The molecule has 1 unspecified atom stereocenters. The highest BCUT2D eigenvalue weighted by molar-refractivity contribution is 5.84. The van der Waals surface area contributed by atoms with Gasteiger partial charge in [-0.2, -0.15) is 0 Å². The molecule has 2 aliphatic rings. The van der Waals surface area contributed by atoms with Crippen molar-refractivity contribution in [3.63, 3.8) is 0 Å². The minimum atomic E-state index is -0.473. The molecule has 0 N–H and O–H groups in total. The lowest BCUT2D eigenvalue weighted by molar-refractivity contribution is -0.157. The molecular weight excluding hydrogens is 358 g/mol. The second-order valence-corrected chi connectivity index (χ2v) is 8.65. The summed E-state index contributed by atoms with van der Waals surface area (Å²) < 4.78 is 6.30. The van der Waals surface area contributed by atoms with Crippen molar-refractivity contribution in [3.05, 3.63) is 71.8 Å². The van der Waals surface area contributed by atoms with Crippen molar-refractivity contribution in [2.45, 2.75) is 62.9 Å². The molecule has 2 aromatic carbocycles. The molecule has 0 amide bonds. The topological polar surface area (TPSA) is 29.5 Å². The van der Waals surface area contributed by atoms with E-state index in [9.17, 15) is 4.79 Å². The number of likely N-dealkylation sites (tertiary alicyclic amines) is 1. The van der Waals surface area contributed by atoms with Crippen LogP contribution in [0.3, 0.4) is 0 Å². The second-order valence-electron chi connectivity index (χ2n) is 8.65. The zero-order valence-electron chi connectivity index (χ0n) is 17.4. The lowest BCUT2D eigenvalue weighted by Gasteiger charge is -2.32. The van der Waals surface area contributed by atoms with Crippen LogP contribution >= 0.6 is 0 Å². The molecule has 154 valence electrons. The zero-order valence-corrected chi connectivity index (χ0v) is 17.4. The van der Waals surface area contributed by atoms with Gasteiger partial charge in [0.05, 0.1) is 5.41 Å². The van der Waals surface area contributed by atoms with Crippen molar-refractivity contribution in [1.29, 1.82) is 0 Å². The van der Waals surface area contributed by atoms with E-state index < -0.39 is 5.41 Å². The van der Waals surface area contributed by atoms with Crippen LogP contribution in [0.5, 0.6) is 0 Å². The summed E-state index contributed by atoms with van der Waals surface area (Å²) in [6, 6.07) is 20.6. The predicted molar refractivity (Wildman–Crippen MR) is 117 cm³/mol. The molecule has 0 bridgehead atoms. The normalized spacial score (nSPS) is 20.3. The van der Waals surface area contributed by atoms with Crippen LogP contribution in [0.2, 0.25) is 0 Å². The van der Waals surface area contributed by atoms with Gasteiger partial charge in [0, 0.05) is 13.0 Å². The van der Waals surface area contributed by atoms with E-state index in [-0.39, 0.29) is 12.1 Å². The summed E-state index contributed by atoms with van der Waals surface area (Å²) in [4.78, 5) is 16.1. The van der Waals surface area contributed by atoms with Gasteiger partial charge in [-0.1, -0.05) is 79.9 Å². The number of ether oxygens (including phenoxy) is 1. The van der Waals surface area contributed by atoms with Gasteiger partial charge in [-0.25, -0.2) is 0 Å². The second kappa shape index (κ2) is 9.58. The van der Waals surface area contributed by atoms with E-state index in [1.165, 1.54) is 32.4 Å². The number of esters is 1. The lowest BCUT2D eigenvalue weighted by Crippen LogP contribution is -2.36. The van der Waals surface area contributed by atoms with Crippen molar-refractivity contribution in [3.8, 4) is 0 Å². The Morgan fingerprint density at radius 2 is 1.48 bits per heavy atom. The van der Waals surface area contributed by atoms with E-state index in [1.807, 2.05) is 36.4 Å². The van der Waals surface area contributed by atoms with E-state index in [4.69, 9.17) is 4.74 Å². The summed E-state index contributed by atoms with van der Waals surface area (Å²) >= 11 is 0. The maximum atomic E-state index is 13.6. The number of hydrogen-bond donors (Lipinski definition) is 0. The number of rotatable bonds is 7. The van der Waals surface area contributed by atoms with Crippen molar-refractivity contribution in [2.24, 2.45) is 0 Å². The Labute approximate surface area is 175 Å². The smallest absolute Gasteiger partial charge is 0.317 e. The largest absolute Gasteiger partial charge is 0.457 e. The van der Waals surface area contributed by atoms with Gasteiger partial charge in [0.1, 0.15) is 6.10 Å². The predicted octanol–water partition coefficient (Wildman–Crippen LogP) is 5.66. The Kier molecular flexibility index (Phi) is 6.66. The van der Waals surface area contributed by atoms with Crippen LogP contribution in [0.25, 0.3) is 0 Å². The van der Waals surface area contributed by atoms with E-state index in [2.05, 4.69) is 29.2 Å². The lowest BCUT2D eigenvalue weighted by atomic mass is 9.79. The number of hydrogen-bond acceptors (Lipinski definition) is 3. The minimum Gasteiger partial charge on any atom is -0.457 e. The quantitative estimate of drug-likeness (QED) is 0.571. The first-order valence-electron chi connectivity index (χ1n) is 11.3. The average molecular weight is 392 g/mol. The average Bonchev–Trinajstić information content (AvgIpc) is 3.30. The van der Waals surface area contributed by atoms with Crippen LogP contribution < -0.4 is 0 Å². The monoisotopic (exact) mass is 391 g/mol. The van der Waals surface area contributed by atoms with Crippen LogP contribution in [0, 0.1) is 0 Å². The van der Waals surface area contributed by atoms with Crippen LogP contribution in [0.15, 0.2) is 60.7 Å². The van der Waals surface area contributed by atoms with Crippen LogP contribution in [-0.2, 0) is 14.9 Å². The number of piperidine rings is 1. The summed E-state index contributed by atoms with van der Waals surface area (Å²) in [6.45, 7) is 3.33. The van der Waals surface area contributed by atoms with Crippen LogP contribution in [0.1, 0.15) is 68.6 Å². The first-order valence-corrected chi connectivity index (χ1v) is 11.3. The Morgan fingerprint density at radius 1 is 0.862 bits per heavy atom. The molecule has 1 heterocycles. The summed E-state index contributed by atoms with van der Waals surface area (Å²) in [5, 5.41) is 0. The molecule has 1 aliphatic heterocycles. The highest BCUT2D eigenvalue weighted by atomic mass is 16.5. The fourth-order valence-electron chi connectivity index (χ4n) is 5.03. The molecule has 3 nitrogen and oxygen atoms in total. The molecule has 2 aromatic rings. The summed E-state index contributed by atoms with van der Waals surface area (Å²) in [6.07, 6.45) is 8.56. The van der Waals surface area contributed by atoms with Gasteiger partial charge in [0.2, 0.25) is 0 Å². The van der Waals surface area contributed by atoms with Gasteiger partial charge in [0.15, 0.2) is 0 Å². The van der Waals surface area contributed by atoms with Crippen molar-refractivity contribution in [2.75, 3.05) is 19.6 Å². The van der Waals surface area contributed by atoms with Crippen molar-refractivity contribution >= 4 is 5.97 Å². The van der Waals surface area contributed by atoms with Gasteiger partial charge in [0.25, 0.3) is 0 Å². The van der Waals surface area contributed by atoms with Crippen molar-refractivity contribution in [1.82, 2.24) is 4.90 Å². The number of nitrogens with zero attached hydrogens (tertiary/aromatic N) is 1. The molecule has 1 atom stereocenters. The Hall–Kier alpha value is -2.13. The molecule has 0 radical (unpaired) electrons. The van der Waals surface area contributed by atoms with Gasteiger partial charge < -0.3 is 9.64 Å². The summed E-state index contributed by atoms with van der Waals surface area (Å²) in [5.74, 6) is -0.0336. The highest BCUT2D eigenvalue weighted by Crippen LogP contribution is 2.43. The molecule has 3 heteroatoms. The van der Waals surface area contributed by atoms with Crippen molar-refractivity contribution < 1.29 is 9.53 Å². The maximum absolute atomic E-state index is 13.6. The number of carbonyl (C=O) groups excluding carboxylic acids is 1. The fraction of sp³-hybridized carbons (Fsp3) is 0.500. The van der Waals surface area contributed by atoms with Gasteiger partial charge in [-0.3, -0.25) is 4.79 Å². The number of benzene rings is 2. The van der Waals surface area contributed by atoms with Gasteiger partial charge in [-0.05, 0) is 49.9 Å². The van der Waals surface area contributed by atoms with Crippen LogP contribution in [0.4, 0.5) is 0 Å².